The van der Waals surface area contributed by atoms with Crippen molar-refractivity contribution in [1.82, 2.24) is 4.98 Å². The number of pyridine rings is 2. The van der Waals surface area contributed by atoms with Crippen molar-refractivity contribution in [2.24, 2.45) is 7.05 Å². The maximum absolute atomic E-state index is 6.45. The van der Waals surface area contributed by atoms with Gasteiger partial charge in [-0.1, -0.05) is 80.6 Å². The van der Waals surface area contributed by atoms with Crippen LogP contribution in [0.4, 0.5) is 0 Å². The van der Waals surface area contributed by atoms with Crippen molar-refractivity contribution in [2.75, 3.05) is 0 Å². The number of aromatic nitrogens is 2. The summed E-state index contributed by atoms with van der Waals surface area (Å²) < 4.78 is 8.68. The molecule has 0 aliphatic carbocycles. The maximum Gasteiger partial charge on any atom is 0.197 e. The van der Waals surface area contributed by atoms with Crippen LogP contribution < -0.4 is 4.57 Å². The van der Waals surface area contributed by atoms with E-state index in [1.54, 1.807) is 0 Å². The van der Waals surface area contributed by atoms with Gasteiger partial charge in [0.2, 0.25) is 0 Å². The molecule has 0 saturated heterocycles. The summed E-state index contributed by atoms with van der Waals surface area (Å²) in [5.74, 6) is 0. The Hall–Kier alpha value is -4.76. The molecule has 0 fully saturated rings. The second-order valence-corrected chi connectivity index (χ2v) is 12.6. The molecule has 43 heavy (non-hydrogen) atoms. The number of nitrogens with zero attached hydrogens (tertiary/aromatic N) is 2. The van der Waals surface area contributed by atoms with E-state index >= 15 is 0 Å². The van der Waals surface area contributed by atoms with Crippen LogP contribution in [0.2, 0.25) is 0 Å². The van der Waals surface area contributed by atoms with E-state index in [1.807, 2.05) is 0 Å². The largest absolute Gasteiger partial charge is 0.456 e. The summed E-state index contributed by atoms with van der Waals surface area (Å²) >= 11 is 0. The molecule has 0 aliphatic rings. The second kappa shape index (κ2) is 9.91. The number of fused-ring (bicyclic) bond motifs is 5. The highest BCUT2D eigenvalue weighted by Gasteiger charge is 2.42. The van der Waals surface area contributed by atoms with Crippen LogP contribution in [0.5, 0.6) is 0 Å². The van der Waals surface area contributed by atoms with Gasteiger partial charge in [0.25, 0.3) is 0 Å². The summed E-state index contributed by atoms with van der Waals surface area (Å²) in [4.78, 5) is 5.51. The normalized spacial score (nSPS) is 13.5. The number of hydrogen-bond donors (Lipinski definition) is 0. The fourth-order valence-corrected chi connectivity index (χ4v) is 7.16. The highest BCUT2D eigenvalue weighted by Crippen LogP contribution is 2.43. The van der Waals surface area contributed by atoms with Crippen LogP contribution in [0.25, 0.3) is 32.7 Å². The predicted molar refractivity (Wildman–Crippen MR) is 177 cm³/mol. The first kappa shape index (κ1) is 27.1. The molecule has 3 aromatic heterocycles. The lowest BCUT2D eigenvalue weighted by Crippen LogP contribution is -2.43. The van der Waals surface area contributed by atoms with Crippen LogP contribution in [-0.2, 0) is 17.9 Å². The molecule has 0 aliphatic heterocycles. The Kier molecular flexibility index (Phi) is 6.25. The van der Waals surface area contributed by atoms with Gasteiger partial charge in [0.15, 0.2) is 11.9 Å². The predicted octanol–water partition coefficient (Wildman–Crippen LogP) is 9.26. The number of hydrogen-bond acceptors (Lipinski definition) is 2. The minimum absolute atomic E-state index is 0.264. The standard InChI is InChI=1S/C40H37N2O/c1-26-14-7-10-17-31(26)39(3,4)35-18-13-19-36(41-35)40(5,37-20-11-12-23-42(37)6)32-25-30-34(24-27(32)2)43-33-22-21-28-15-8-9-16-29(28)38(30)33/h7-25H,1-6H3/q+1. The zero-order valence-electron chi connectivity index (χ0n) is 25.8. The zero-order chi connectivity index (χ0) is 29.9. The van der Waals surface area contributed by atoms with Gasteiger partial charge >= 0.3 is 0 Å². The van der Waals surface area contributed by atoms with Gasteiger partial charge < -0.3 is 4.42 Å². The van der Waals surface area contributed by atoms with Crippen molar-refractivity contribution in [3.8, 4) is 0 Å². The van der Waals surface area contributed by atoms with E-state index in [0.29, 0.717) is 0 Å². The summed E-state index contributed by atoms with van der Waals surface area (Å²) in [6, 6.07) is 39.0. The number of rotatable bonds is 5. The van der Waals surface area contributed by atoms with Crippen molar-refractivity contribution >= 4 is 32.7 Å². The van der Waals surface area contributed by atoms with Crippen LogP contribution in [-0.4, -0.2) is 4.98 Å². The lowest BCUT2D eigenvalue weighted by Gasteiger charge is -2.32. The molecule has 0 N–H and O–H groups in total. The zero-order valence-corrected chi connectivity index (χ0v) is 25.8. The molecule has 0 spiro atoms. The van der Waals surface area contributed by atoms with E-state index in [-0.39, 0.29) is 5.41 Å². The van der Waals surface area contributed by atoms with E-state index in [1.165, 1.54) is 38.7 Å². The average Bonchev–Trinajstić information content (AvgIpc) is 3.38. The third-order valence-electron chi connectivity index (χ3n) is 9.53. The smallest absolute Gasteiger partial charge is 0.197 e. The molecule has 7 aromatic rings. The number of benzene rings is 4. The molecule has 1 atom stereocenters. The van der Waals surface area contributed by atoms with Crippen LogP contribution in [0.1, 0.15) is 60.1 Å². The van der Waals surface area contributed by atoms with Crippen molar-refractivity contribution in [3.05, 3.63) is 155 Å². The first-order valence-corrected chi connectivity index (χ1v) is 15.0. The maximum atomic E-state index is 6.45. The molecule has 0 bridgehead atoms. The number of furan rings is 1. The molecule has 0 amide bonds. The van der Waals surface area contributed by atoms with E-state index in [2.05, 4.69) is 162 Å². The fraction of sp³-hybridized carbons (Fsp3) is 0.200. The second-order valence-electron chi connectivity index (χ2n) is 12.6. The van der Waals surface area contributed by atoms with Crippen LogP contribution in [0.15, 0.2) is 120 Å². The van der Waals surface area contributed by atoms with Gasteiger partial charge in [-0.3, -0.25) is 4.98 Å². The average molecular weight is 562 g/mol. The highest BCUT2D eigenvalue weighted by molar-refractivity contribution is 6.19. The van der Waals surface area contributed by atoms with E-state index in [9.17, 15) is 0 Å². The molecule has 1 unspecified atom stereocenters. The van der Waals surface area contributed by atoms with E-state index < -0.39 is 5.41 Å². The fourth-order valence-electron chi connectivity index (χ4n) is 7.16. The minimum Gasteiger partial charge on any atom is -0.456 e. The van der Waals surface area contributed by atoms with Gasteiger partial charge in [-0.25, -0.2) is 4.57 Å². The highest BCUT2D eigenvalue weighted by atomic mass is 16.3. The molecule has 3 heteroatoms. The summed E-state index contributed by atoms with van der Waals surface area (Å²) in [5, 5.41) is 4.72. The number of aryl methyl sites for hydroxylation is 3. The molecule has 0 saturated carbocycles. The lowest BCUT2D eigenvalue weighted by molar-refractivity contribution is -0.681. The molecular formula is C40H37N2O+. The van der Waals surface area contributed by atoms with Gasteiger partial charge in [-0.15, -0.1) is 0 Å². The van der Waals surface area contributed by atoms with Gasteiger partial charge in [-0.2, -0.15) is 0 Å². The van der Waals surface area contributed by atoms with Crippen molar-refractivity contribution in [3.63, 3.8) is 0 Å². The first-order valence-electron chi connectivity index (χ1n) is 15.0. The molecule has 0 radical (unpaired) electrons. The molecule has 3 heterocycles. The van der Waals surface area contributed by atoms with Crippen molar-refractivity contribution in [1.29, 1.82) is 0 Å². The van der Waals surface area contributed by atoms with Gasteiger partial charge in [-0.05, 0) is 84.1 Å². The van der Waals surface area contributed by atoms with Crippen molar-refractivity contribution < 1.29 is 8.98 Å². The Morgan fingerprint density at radius 3 is 2.19 bits per heavy atom. The topological polar surface area (TPSA) is 29.9 Å². The molecular weight excluding hydrogens is 524 g/mol. The Labute approximate surface area is 253 Å². The Bertz CT molecular complexity index is 2170. The van der Waals surface area contributed by atoms with Crippen LogP contribution >= 0.6 is 0 Å². The van der Waals surface area contributed by atoms with Crippen LogP contribution in [0, 0.1) is 13.8 Å². The molecule has 212 valence electrons. The summed E-state index contributed by atoms with van der Waals surface area (Å²) in [6.45, 7) is 11.3. The van der Waals surface area contributed by atoms with Crippen LogP contribution in [0.3, 0.4) is 0 Å². The third-order valence-corrected chi connectivity index (χ3v) is 9.53. The van der Waals surface area contributed by atoms with E-state index in [0.717, 1.165) is 33.3 Å². The van der Waals surface area contributed by atoms with Gasteiger partial charge in [0.05, 0.1) is 11.4 Å². The Morgan fingerprint density at radius 1 is 0.628 bits per heavy atom. The SMILES string of the molecule is Cc1ccccc1C(C)(C)c1cccc(C(C)(c2cc3c(cc2C)oc2ccc4ccccc4c23)c2cccc[n+]2C)n1. The summed E-state index contributed by atoms with van der Waals surface area (Å²) in [5.41, 5.74) is 9.23. The summed E-state index contributed by atoms with van der Waals surface area (Å²) in [6.07, 6.45) is 2.13. The molecule has 3 nitrogen and oxygen atoms in total. The quantitative estimate of drug-likeness (QED) is 0.196. The Morgan fingerprint density at radius 2 is 1.37 bits per heavy atom. The van der Waals surface area contributed by atoms with E-state index in [4.69, 9.17) is 9.40 Å². The molecule has 7 rings (SSSR count). The first-order chi connectivity index (χ1) is 20.7. The van der Waals surface area contributed by atoms with Gasteiger partial charge in [0.1, 0.15) is 23.6 Å². The monoisotopic (exact) mass is 561 g/mol. The third kappa shape index (κ3) is 4.18. The Balaban J connectivity index is 1.52. The molecule has 4 aromatic carbocycles. The minimum atomic E-state index is -0.541. The summed E-state index contributed by atoms with van der Waals surface area (Å²) in [7, 11) is 2.13. The van der Waals surface area contributed by atoms with Gasteiger partial charge in [0, 0.05) is 28.3 Å². The lowest BCUT2D eigenvalue weighted by atomic mass is 9.72. The van der Waals surface area contributed by atoms with Crippen molar-refractivity contribution in [2.45, 2.75) is 45.4 Å².